The summed E-state index contributed by atoms with van der Waals surface area (Å²) >= 11 is 0. The molecule has 5 rings (SSSR count). The number of methoxy groups -OCH3 is 1. The zero-order chi connectivity index (χ0) is 22.4. The summed E-state index contributed by atoms with van der Waals surface area (Å²) < 4.78 is 7.41. The SMILES string of the molecule is COc1ccccc1N(C)c1cccc2c(C3=Cc4nccc(C(=O)O)c4C3)n(C)nc12. The average Bonchev–Trinajstić information content (AvgIpc) is 3.37. The molecule has 7 heteroatoms. The van der Waals surface area contributed by atoms with Crippen LogP contribution in [-0.4, -0.2) is 40.0 Å². The molecule has 0 spiro atoms. The van der Waals surface area contributed by atoms with Crippen LogP contribution in [0.1, 0.15) is 27.3 Å². The molecule has 0 fully saturated rings. The lowest BCUT2D eigenvalue weighted by molar-refractivity contribution is 0.0695. The van der Waals surface area contributed by atoms with E-state index in [9.17, 15) is 9.90 Å². The van der Waals surface area contributed by atoms with E-state index in [2.05, 4.69) is 9.88 Å². The monoisotopic (exact) mass is 426 g/mol. The number of anilines is 2. The van der Waals surface area contributed by atoms with E-state index < -0.39 is 5.97 Å². The van der Waals surface area contributed by atoms with Crippen LogP contribution in [0.15, 0.2) is 54.7 Å². The van der Waals surface area contributed by atoms with Crippen molar-refractivity contribution < 1.29 is 14.6 Å². The first-order valence-corrected chi connectivity index (χ1v) is 10.2. The molecule has 0 amide bonds. The van der Waals surface area contributed by atoms with Gasteiger partial charge in [0.15, 0.2) is 0 Å². The van der Waals surface area contributed by atoms with Crippen LogP contribution in [-0.2, 0) is 13.5 Å². The van der Waals surface area contributed by atoms with Gasteiger partial charge in [-0.3, -0.25) is 9.67 Å². The van der Waals surface area contributed by atoms with Gasteiger partial charge in [0.1, 0.15) is 11.3 Å². The third-order valence-corrected chi connectivity index (χ3v) is 5.95. The quantitative estimate of drug-likeness (QED) is 0.505. The van der Waals surface area contributed by atoms with Crippen LogP contribution in [0.5, 0.6) is 5.75 Å². The highest BCUT2D eigenvalue weighted by Gasteiger charge is 2.25. The summed E-state index contributed by atoms with van der Waals surface area (Å²) in [6.07, 6.45) is 4.02. The molecule has 0 bridgehead atoms. The van der Waals surface area contributed by atoms with Gasteiger partial charge in [-0.1, -0.05) is 24.3 Å². The molecule has 7 nitrogen and oxygen atoms in total. The zero-order valence-electron chi connectivity index (χ0n) is 18.0. The second-order valence-electron chi connectivity index (χ2n) is 7.75. The van der Waals surface area contributed by atoms with Crippen molar-refractivity contribution >= 4 is 39.9 Å². The number of aromatic nitrogens is 3. The number of carboxylic acids is 1. The minimum atomic E-state index is -0.936. The largest absolute Gasteiger partial charge is 0.495 e. The van der Waals surface area contributed by atoms with Crippen LogP contribution in [0, 0.1) is 0 Å². The van der Waals surface area contributed by atoms with Crippen LogP contribution in [0.25, 0.3) is 22.6 Å². The van der Waals surface area contributed by atoms with Crippen LogP contribution in [0.3, 0.4) is 0 Å². The minimum absolute atomic E-state index is 0.296. The van der Waals surface area contributed by atoms with E-state index in [1.807, 2.05) is 67.3 Å². The molecule has 1 aliphatic rings. The van der Waals surface area contributed by atoms with Crippen LogP contribution in [0.2, 0.25) is 0 Å². The third kappa shape index (κ3) is 3.01. The van der Waals surface area contributed by atoms with E-state index in [1.54, 1.807) is 19.4 Å². The predicted octanol–water partition coefficient (Wildman–Crippen LogP) is 4.54. The summed E-state index contributed by atoms with van der Waals surface area (Å²) in [5, 5.41) is 15.4. The van der Waals surface area contributed by atoms with E-state index in [0.717, 1.165) is 44.9 Å². The minimum Gasteiger partial charge on any atom is -0.495 e. The second-order valence-corrected chi connectivity index (χ2v) is 7.75. The topological polar surface area (TPSA) is 80.5 Å². The molecule has 0 radical (unpaired) electrons. The molecule has 4 aromatic rings. The van der Waals surface area contributed by atoms with Crippen molar-refractivity contribution in [1.29, 1.82) is 0 Å². The highest BCUT2D eigenvalue weighted by molar-refractivity contribution is 6.04. The van der Waals surface area contributed by atoms with Gasteiger partial charge in [-0.25, -0.2) is 4.79 Å². The van der Waals surface area contributed by atoms with Gasteiger partial charge in [0.05, 0.1) is 35.4 Å². The van der Waals surface area contributed by atoms with Crippen molar-refractivity contribution in [2.75, 3.05) is 19.1 Å². The highest BCUT2D eigenvalue weighted by atomic mass is 16.5. The molecule has 0 saturated heterocycles. The zero-order valence-corrected chi connectivity index (χ0v) is 18.0. The van der Waals surface area contributed by atoms with Crippen molar-refractivity contribution in [3.05, 3.63) is 77.2 Å². The van der Waals surface area contributed by atoms with Gasteiger partial charge in [-0.15, -0.1) is 0 Å². The van der Waals surface area contributed by atoms with Gasteiger partial charge < -0.3 is 14.7 Å². The lowest BCUT2D eigenvalue weighted by Gasteiger charge is -2.22. The van der Waals surface area contributed by atoms with Gasteiger partial charge >= 0.3 is 5.97 Å². The molecule has 160 valence electrons. The molecule has 2 aromatic carbocycles. The van der Waals surface area contributed by atoms with Gasteiger partial charge in [-0.05, 0) is 41.5 Å². The lowest BCUT2D eigenvalue weighted by atomic mass is 10.0. The maximum atomic E-state index is 11.7. The smallest absolute Gasteiger partial charge is 0.336 e. The highest BCUT2D eigenvalue weighted by Crippen LogP contribution is 2.40. The summed E-state index contributed by atoms with van der Waals surface area (Å²) in [5.74, 6) is -0.154. The first-order valence-electron chi connectivity index (χ1n) is 10.2. The van der Waals surface area contributed by atoms with E-state index in [-0.39, 0.29) is 0 Å². The fourth-order valence-corrected chi connectivity index (χ4v) is 4.47. The Hall–Kier alpha value is -4.13. The summed E-state index contributed by atoms with van der Waals surface area (Å²) in [5.41, 5.74) is 6.47. The number of ether oxygens (including phenoxy) is 1. The Morgan fingerprint density at radius 2 is 1.91 bits per heavy atom. The maximum Gasteiger partial charge on any atom is 0.336 e. The fourth-order valence-electron chi connectivity index (χ4n) is 4.47. The number of rotatable bonds is 5. The number of carbonyl (C=O) groups is 1. The number of para-hydroxylation sites is 2. The third-order valence-electron chi connectivity index (χ3n) is 5.95. The van der Waals surface area contributed by atoms with Gasteiger partial charge in [0.25, 0.3) is 0 Å². The summed E-state index contributed by atoms with van der Waals surface area (Å²) in [6.45, 7) is 0. The number of allylic oxidation sites excluding steroid dienone is 1. The summed E-state index contributed by atoms with van der Waals surface area (Å²) in [4.78, 5) is 18.1. The number of hydrogen-bond donors (Lipinski definition) is 1. The number of benzene rings is 2. The Morgan fingerprint density at radius 3 is 2.69 bits per heavy atom. The summed E-state index contributed by atoms with van der Waals surface area (Å²) in [7, 11) is 5.57. The van der Waals surface area contributed by atoms with Crippen molar-refractivity contribution in [2.24, 2.45) is 7.05 Å². The number of aryl methyl sites for hydroxylation is 1. The van der Waals surface area contributed by atoms with Crippen molar-refractivity contribution in [3.63, 3.8) is 0 Å². The Balaban J connectivity index is 1.61. The fraction of sp³-hybridized carbons (Fsp3) is 0.160. The molecule has 32 heavy (non-hydrogen) atoms. The number of aromatic carboxylic acids is 1. The normalized spacial score (nSPS) is 12.5. The van der Waals surface area contributed by atoms with E-state index >= 15 is 0 Å². The number of pyridine rings is 1. The van der Waals surface area contributed by atoms with Gasteiger partial charge in [0.2, 0.25) is 0 Å². The van der Waals surface area contributed by atoms with Crippen molar-refractivity contribution in [2.45, 2.75) is 6.42 Å². The predicted molar refractivity (Wildman–Crippen MR) is 125 cm³/mol. The molecule has 2 heterocycles. The number of carboxylic acid groups (broad SMARTS) is 1. The van der Waals surface area contributed by atoms with Crippen LogP contribution in [0.4, 0.5) is 11.4 Å². The van der Waals surface area contributed by atoms with E-state index in [4.69, 9.17) is 9.84 Å². The molecule has 0 unspecified atom stereocenters. The maximum absolute atomic E-state index is 11.7. The molecule has 0 aliphatic heterocycles. The first-order chi connectivity index (χ1) is 15.5. The van der Waals surface area contributed by atoms with E-state index in [1.165, 1.54) is 0 Å². The second kappa shape index (κ2) is 7.53. The van der Waals surface area contributed by atoms with Gasteiger partial charge in [-0.2, -0.15) is 5.10 Å². The first kappa shape index (κ1) is 19.8. The number of nitrogens with zero attached hydrogens (tertiary/aromatic N) is 4. The Bertz CT molecular complexity index is 1400. The molecule has 0 atom stereocenters. The standard InChI is InChI=1S/C25H22N4O3/c1-28(20-8-4-5-10-22(20)32-3)21-9-6-7-17-23(21)27-29(2)24(17)15-13-18-16(25(30)31)11-12-26-19(18)14-15/h4-12,14H,13H2,1-3H3,(H,30,31). The number of fused-ring (bicyclic) bond motifs is 2. The summed E-state index contributed by atoms with van der Waals surface area (Å²) in [6, 6.07) is 15.5. The van der Waals surface area contributed by atoms with Crippen molar-refractivity contribution in [1.82, 2.24) is 14.8 Å². The number of hydrogen-bond acceptors (Lipinski definition) is 5. The van der Waals surface area contributed by atoms with Crippen LogP contribution >= 0.6 is 0 Å². The Labute approximate surface area is 185 Å². The van der Waals surface area contributed by atoms with Crippen molar-refractivity contribution in [3.8, 4) is 5.75 Å². The average molecular weight is 426 g/mol. The van der Waals surface area contributed by atoms with E-state index in [0.29, 0.717) is 17.7 Å². The molecule has 0 saturated carbocycles. The molecule has 2 aromatic heterocycles. The molecular formula is C25H22N4O3. The van der Waals surface area contributed by atoms with Gasteiger partial charge in [0, 0.05) is 32.1 Å². The molecular weight excluding hydrogens is 404 g/mol. The molecule has 1 N–H and O–H groups in total. The lowest BCUT2D eigenvalue weighted by Crippen LogP contribution is -2.11. The molecule has 1 aliphatic carbocycles. The van der Waals surface area contributed by atoms with Crippen LogP contribution < -0.4 is 9.64 Å². The Kier molecular flexibility index (Phi) is 4.66. The Morgan fingerprint density at radius 1 is 1.12 bits per heavy atom.